The van der Waals surface area contributed by atoms with Gasteiger partial charge in [0, 0.05) is 29.2 Å². The molecule has 0 aliphatic carbocycles. The van der Waals surface area contributed by atoms with Gasteiger partial charge in [0.05, 0.1) is 0 Å². The molecule has 1 aliphatic heterocycles. The molecule has 0 fully saturated rings. The molecule has 2 aromatic carbocycles. The smallest absolute Gasteiger partial charge is 0.120 e. The standard InChI is InChI=1S/C21H24N2O/c1-15(22)12-18-19-13-17(24-14-16-6-3-2-4-7-16)9-10-21(19)23-11-5-8-20(18)23/h2-4,6-7,9-10,13,15H,5,8,11-12,14,22H2,1H3. The summed E-state index contributed by atoms with van der Waals surface area (Å²) in [7, 11) is 0. The van der Waals surface area contributed by atoms with Gasteiger partial charge in [0.25, 0.3) is 0 Å². The minimum absolute atomic E-state index is 0.176. The minimum atomic E-state index is 0.176. The number of nitrogens with zero attached hydrogens (tertiary/aromatic N) is 1. The van der Waals surface area contributed by atoms with E-state index >= 15 is 0 Å². The molecule has 24 heavy (non-hydrogen) atoms. The van der Waals surface area contributed by atoms with E-state index in [1.165, 1.54) is 34.1 Å². The van der Waals surface area contributed by atoms with Gasteiger partial charge in [-0.25, -0.2) is 0 Å². The molecule has 1 unspecified atom stereocenters. The monoisotopic (exact) mass is 320 g/mol. The molecule has 0 spiro atoms. The molecule has 3 nitrogen and oxygen atoms in total. The van der Waals surface area contributed by atoms with Crippen LogP contribution in [-0.4, -0.2) is 10.6 Å². The lowest BCUT2D eigenvalue weighted by atomic mass is 10.0. The van der Waals surface area contributed by atoms with Crippen LogP contribution in [0.25, 0.3) is 10.9 Å². The van der Waals surface area contributed by atoms with E-state index in [4.69, 9.17) is 10.5 Å². The maximum absolute atomic E-state index is 6.10. The van der Waals surface area contributed by atoms with E-state index in [2.05, 4.69) is 41.8 Å². The summed E-state index contributed by atoms with van der Waals surface area (Å²) in [5, 5.41) is 1.31. The van der Waals surface area contributed by atoms with Gasteiger partial charge in [0.1, 0.15) is 12.4 Å². The van der Waals surface area contributed by atoms with Gasteiger partial charge in [0.15, 0.2) is 0 Å². The lowest BCUT2D eigenvalue weighted by molar-refractivity contribution is 0.306. The Morgan fingerprint density at radius 2 is 2.00 bits per heavy atom. The number of fused-ring (bicyclic) bond motifs is 3. The summed E-state index contributed by atoms with van der Waals surface area (Å²) >= 11 is 0. The van der Waals surface area contributed by atoms with E-state index in [9.17, 15) is 0 Å². The number of aromatic nitrogens is 1. The Kier molecular flexibility index (Phi) is 4.03. The number of hydrogen-bond donors (Lipinski definition) is 1. The molecule has 3 heteroatoms. The third-order valence-electron chi connectivity index (χ3n) is 4.83. The van der Waals surface area contributed by atoms with Crippen LogP contribution in [0, 0.1) is 0 Å². The lowest BCUT2D eigenvalue weighted by Crippen LogP contribution is -2.18. The Morgan fingerprint density at radius 3 is 2.79 bits per heavy atom. The van der Waals surface area contributed by atoms with Crippen molar-refractivity contribution in [3.8, 4) is 5.75 Å². The third-order valence-corrected chi connectivity index (χ3v) is 4.83. The zero-order chi connectivity index (χ0) is 16.5. The summed E-state index contributed by atoms with van der Waals surface area (Å²) in [4.78, 5) is 0. The SMILES string of the molecule is CC(N)Cc1c2n(c3ccc(OCc4ccccc4)cc13)CCC2. The van der Waals surface area contributed by atoms with Gasteiger partial charge in [-0.3, -0.25) is 0 Å². The second-order valence-corrected chi connectivity index (χ2v) is 6.82. The Bertz CT molecular complexity index is 849. The van der Waals surface area contributed by atoms with Crippen molar-refractivity contribution in [2.24, 2.45) is 5.73 Å². The number of benzene rings is 2. The zero-order valence-corrected chi connectivity index (χ0v) is 14.2. The van der Waals surface area contributed by atoms with E-state index in [-0.39, 0.29) is 6.04 Å². The fourth-order valence-electron chi connectivity index (χ4n) is 3.78. The van der Waals surface area contributed by atoms with Gasteiger partial charge in [-0.15, -0.1) is 0 Å². The highest BCUT2D eigenvalue weighted by atomic mass is 16.5. The molecular formula is C21H24N2O. The molecule has 1 aromatic heterocycles. The van der Waals surface area contributed by atoms with Crippen molar-refractivity contribution >= 4 is 10.9 Å². The first kappa shape index (κ1) is 15.3. The molecule has 0 saturated carbocycles. The highest BCUT2D eigenvalue weighted by molar-refractivity contribution is 5.87. The van der Waals surface area contributed by atoms with Gasteiger partial charge in [0.2, 0.25) is 0 Å². The summed E-state index contributed by atoms with van der Waals surface area (Å²) in [5.74, 6) is 0.932. The molecule has 3 aromatic rings. The van der Waals surface area contributed by atoms with Crippen molar-refractivity contribution in [1.82, 2.24) is 4.57 Å². The summed E-state index contributed by atoms with van der Waals surface area (Å²) in [6.45, 7) is 3.80. The molecule has 2 heterocycles. The average molecular weight is 320 g/mol. The fourth-order valence-corrected chi connectivity index (χ4v) is 3.78. The number of aryl methyl sites for hydroxylation is 1. The van der Waals surface area contributed by atoms with Crippen LogP contribution in [0.2, 0.25) is 0 Å². The second kappa shape index (κ2) is 6.33. The highest BCUT2D eigenvalue weighted by Crippen LogP contribution is 2.34. The van der Waals surface area contributed by atoms with Gasteiger partial charge >= 0.3 is 0 Å². The van der Waals surface area contributed by atoms with Crippen molar-refractivity contribution in [2.75, 3.05) is 0 Å². The Morgan fingerprint density at radius 1 is 1.17 bits per heavy atom. The molecule has 4 rings (SSSR count). The number of nitrogens with two attached hydrogens (primary N) is 1. The van der Waals surface area contributed by atoms with E-state index in [0.717, 1.165) is 25.1 Å². The van der Waals surface area contributed by atoms with Gasteiger partial charge in [-0.2, -0.15) is 0 Å². The first-order chi connectivity index (χ1) is 11.7. The highest BCUT2D eigenvalue weighted by Gasteiger charge is 2.21. The van der Waals surface area contributed by atoms with Crippen molar-refractivity contribution in [1.29, 1.82) is 0 Å². The number of hydrogen-bond acceptors (Lipinski definition) is 2. The molecular weight excluding hydrogens is 296 g/mol. The first-order valence-electron chi connectivity index (χ1n) is 8.78. The first-order valence-corrected chi connectivity index (χ1v) is 8.78. The lowest BCUT2D eigenvalue weighted by Gasteiger charge is -2.09. The number of rotatable bonds is 5. The molecule has 0 bridgehead atoms. The molecule has 1 aliphatic rings. The molecule has 0 radical (unpaired) electrons. The summed E-state index contributed by atoms with van der Waals surface area (Å²) in [6, 6.07) is 17.0. The third kappa shape index (κ3) is 2.80. The Balaban J connectivity index is 1.67. The van der Waals surface area contributed by atoms with Crippen LogP contribution >= 0.6 is 0 Å². The maximum atomic E-state index is 6.10. The van der Waals surface area contributed by atoms with E-state index in [1.807, 2.05) is 18.2 Å². The van der Waals surface area contributed by atoms with Crippen LogP contribution in [0.5, 0.6) is 5.75 Å². The quantitative estimate of drug-likeness (QED) is 0.770. The van der Waals surface area contributed by atoms with Crippen molar-refractivity contribution < 1.29 is 4.74 Å². The Hall–Kier alpha value is -2.26. The van der Waals surface area contributed by atoms with E-state index in [1.54, 1.807) is 0 Å². The Labute approximate surface area is 143 Å². The van der Waals surface area contributed by atoms with Gasteiger partial charge in [-0.05, 0) is 55.5 Å². The van der Waals surface area contributed by atoms with Gasteiger partial charge in [-0.1, -0.05) is 30.3 Å². The van der Waals surface area contributed by atoms with Crippen molar-refractivity contribution in [3.63, 3.8) is 0 Å². The molecule has 124 valence electrons. The summed E-state index contributed by atoms with van der Waals surface area (Å²) < 4.78 is 8.49. The van der Waals surface area contributed by atoms with E-state index < -0.39 is 0 Å². The average Bonchev–Trinajstić information content (AvgIpc) is 3.16. The predicted octanol–water partition coefficient (Wildman–Crippen LogP) is 4.06. The van der Waals surface area contributed by atoms with Gasteiger partial charge < -0.3 is 15.0 Å². The molecule has 0 saturated heterocycles. The van der Waals surface area contributed by atoms with Crippen LogP contribution in [0.15, 0.2) is 48.5 Å². The van der Waals surface area contributed by atoms with E-state index in [0.29, 0.717) is 6.61 Å². The maximum Gasteiger partial charge on any atom is 0.120 e. The van der Waals surface area contributed by atoms with Crippen LogP contribution in [-0.2, 0) is 26.0 Å². The zero-order valence-electron chi connectivity index (χ0n) is 14.2. The normalized spacial score (nSPS) is 14.8. The largest absolute Gasteiger partial charge is 0.489 e. The van der Waals surface area contributed by atoms with Crippen LogP contribution in [0.1, 0.15) is 30.2 Å². The van der Waals surface area contributed by atoms with Crippen LogP contribution in [0.4, 0.5) is 0 Å². The molecule has 1 atom stereocenters. The molecule has 0 amide bonds. The second-order valence-electron chi connectivity index (χ2n) is 6.82. The molecule has 2 N–H and O–H groups in total. The summed E-state index contributed by atoms with van der Waals surface area (Å²) in [5.41, 5.74) is 11.5. The number of ether oxygens (including phenoxy) is 1. The summed E-state index contributed by atoms with van der Waals surface area (Å²) in [6.07, 6.45) is 3.33. The topological polar surface area (TPSA) is 40.2 Å². The fraction of sp³-hybridized carbons (Fsp3) is 0.333. The van der Waals surface area contributed by atoms with Crippen LogP contribution < -0.4 is 10.5 Å². The minimum Gasteiger partial charge on any atom is -0.489 e. The van der Waals surface area contributed by atoms with Crippen LogP contribution in [0.3, 0.4) is 0 Å². The van der Waals surface area contributed by atoms with Crippen molar-refractivity contribution in [3.05, 3.63) is 65.4 Å². The van der Waals surface area contributed by atoms with Crippen molar-refractivity contribution in [2.45, 2.75) is 45.4 Å². The predicted molar refractivity (Wildman–Crippen MR) is 98.4 cm³/mol.